The molecule has 0 radical (unpaired) electrons. The molecule has 4 nitrogen and oxygen atoms in total. The first kappa shape index (κ1) is 37.5. The Morgan fingerprint density at radius 2 is 1.02 bits per heavy atom. The normalized spacial score (nSPS) is 13.8. The van der Waals surface area contributed by atoms with Crippen molar-refractivity contribution in [1.29, 1.82) is 0 Å². The SMILES string of the molecule is CC1CC=CC=C1c1nc2ccccc2c2c1c1ccccc1n2-c1ccc(-c2ccc(-c3nc(-c4ccccc4)cc(-c4ccc(-c5ccccc5)cc4)n3)c3ccccc23)cc1. The van der Waals surface area contributed by atoms with Gasteiger partial charge in [0, 0.05) is 38.5 Å². The quantitative estimate of drug-likeness (QED) is 0.161. The molecule has 4 heteroatoms. The van der Waals surface area contributed by atoms with E-state index in [0.717, 1.165) is 78.7 Å². The fourth-order valence-corrected chi connectivity index (χ4v) is 9.69. The Balaban J connectivity index is 0.978. The van der Waals surface area contributed by atoms with Gasteiger partial charge in [-0.05, 0) is 87.3 Å². The third-order valence-corrected chi connectivity index (χ3v) is 12.9. The fraction of sp³-hybridized carbons (Fsp3) is 0.0500. The van der Waals surface area contributed by atoms with Crippen LogP contribution in [0.1, 0.15) is 19.0 Å². The van der Waals surface area contributed by atoms with E-state index < -0.39 is 0 Å². The van der Waals surface area contributed by atoms with Gasteiger partial charge in [-0.15, -0.1) is 0 Å². The maximum atomic E-state index is 5.38. The minimum absolute atomic E-state index is 0.378. The topological polar surface area (TPSA) is 43.6 Å². The first-order valence-corrected chi connectivity index (χ1v) is 22.1. The molecular weight excluding hydrogens is 777 g/mol. The van der Waals surface area contributed by atoms with Gasteiger partial charge in [0.15, 0.2) is 5.82 Å². The summed E-state index contributed by atoms with van der Waals surface area (Å²) in [6.45, 7) is 2.31. The van der Waals surface area contributed by atoms with Gasteiger partial charge in [-0.1, -0.05) is 189 Å². The zero-order chi connectivity index (χ0) is 42.6. The van der Waals surface area contributed by atoms with Gasteiger partial charge in [-0.25, -0.2) is 15.0 Å². The highest BCUT2D eigenvalue weighted by Crippen LogP contribution is 2.43. The molecule has 0 saturated carbocycles. The molecule has 0 saturated heterocycles. The van der Waals surface area contributed by atoms with Crippen molar-refractivity contribution in [3.8, 4) is 61.8 Å². The van der Waals surface area contributed by atoms with Crippen LogP contribution in [0.25, 0.3) is 111 Å². The number of pyridine rings is 1. The van der Waals surface area contributed by atoms with Gasteiger partial charge in [-0.3, -0.25) is 0 Å². The van der Waals surface area contributed by atoms with Crippen LogP contribution < -0.4 is 0 Å². The van der Waals surface area contributed by atoms with Crippen molar-refractivity contribution in [1.82, 2.24) is 19.5 Å². The van der Waals surface area contributed by atoms with Gasteiger partial charge in [-0.2, -0.15) is 0 Å². The lowest BCUT2D eigenvalue weighted by Gasteiger charge is -2.19. The van der Waals surface area contributed by atoms with Crippen molar-refractivity contribution < 1.29 is 0 Å². The Labute approximate surface area is 372 Å². The Kier molecular flexibility index (Phi) is 9.15. The summed E-state index contributed by atoms with van der Waals surface area (Å²) >= 11 is 0. The fourth-order valence-electron chi connectivity index (χ4n) is 9.69. The van der Waals surface area contributed by atoms with E-state index in [1.54, 1.807) is 0 Å². The molecule has 1 aliphatic rings. The Morgan fingerprint density at radius 1 is 0.469 bits per heavy atom. The second kappa shape index (κ2) is 15.6. The lowest BCUT2D eigenvalue weighted by atomic mass is 9.88. The van der Waals surface area contributed by atoms with Crippen molar-refractivity contribution in [2.75, 3.05) is 0 Å². The predicted octanol–water partition coefficient (Wildman–Crippen LogP) is 15.6. The lowest BCUT2D eigenvalue weighted by molar-refractivity contribution is 0.756. The molecule has 302 valence electrons. The third kappa shape index (κ3) is 6.42. The number of nitrogens with zero attached hydrogens (tertiary/aromatic N) is 4. The minimum Gasteiger partial charge on any atom is -0.308 e. The molecule has 64 heavy (non-hydrogen) atoms. The van der Waals surface area contributed by atoms with E-state index in [4.69, 9.17) is 15.0 Å². The van der Waals surface area contributed by atoms with Crippen LogP contribution in [0.15, 0.2) is 218 Å². The second-order valence-corrected chi connectivity index (χ2v) is 16.8. The molecular formula is C60H42N4. The van der Waals surface area contributed by atoms with E-state index in [2.05, 4.69) is 218 Å². The van der Waals surface area contributed by atoms with Crippen LogP contribution in [-0.4, -0.2) is 19.5 Å². The summed E-state index contributed by atoms with van der Waals surface area (Å²) in [6, 6.07) is 71.2. The van der Waals surface area contributed by atoms with Crippen molar-refractivity contribution in [2.45, 2.75) is 13.3 Å². The van der Waals surface area contributed by atoms with E-state index in [-0.39, 0.29) is 0 Å². The smallest absolute Gasteiger partial charge is 0.161 e. The molecule has 0 bridgehead atoms. The van der Waals surface area contributed by atoms with Crippen molar-refractivity contribution in [2.24, 2.45) is 5.92 Å². The van der Waals surface area contributed by atoms with Gasteiger partial charge < -0.3 is 4.57 Å². The van der Waals surface area contributed by atoms with E-state index >= 15 is 0 Å². The van der Waals surface area contributed by atoms with Gasteiger partial charge in [0.25, 0.3) is 0 Å². The summed E-state index contributed by atoms with van der Waals surface area (Å²) in [4.78, 5) is 15.9. The van der Waals surface area contributed by atoms with Crippen LogP contribution >= 0.6 is 0 Å². The van der Waals surface area contributed by atoms with Crippen molar-refractivity contribution in [3.63, 3.8) is 0 Å². The number of hydrogen-bond donors (Lipinski definition) is 0. The molecule has 3 aromatic heterocycles. The van der Waals surface area contributed by atoms with Gasteiger partial charge in [0.1, 0.15) is 0 Å². The predicted molar refractivity (Wildman–Crippen MR) is 267 cm³/mol. The molecule has 3 heterocycles. The molecule has 1 unspecified atom stereocenters. The maximum absolute atomic E-state index is 5.38. The monoisotopic (exact) mass is 818 g/mol. The third-order valence-electron chi connectivity index (χ3n) is 12.9. The lowest BCUT2D eigenvalue weighted by Crippen LogP contribution is -2.04. The van der Waals surface area contributed by atoms with Crippen LogP contribution in [-0.2, 0) is 0 Å². The Hall–Kier alpha value is -8.21. The number of allylic oxidation sites excluding steroid dienone is 4. The average molecular weight is 819 g/mol. The maximum Gasteiger partial charge on any atom is 0.161 e. The summed E-state index contributed by atoms with van der Waals surface area (Å²) in [5.74, 6) is 1.08. The molecule has 0 N–H and O–H groups in total. The van der Waals surface area contributed by atoms with Crippen LogP contribution in [0.2, 0.25) is 0 Å². The molecule has 0 amide bonds. The number of fused-ring (bicyclic) bond motifs is 6. The number of para-hydroxylation sites is 2. The second-order valence-electron chi connectivity index (χ2n) is 16.8. The highest BCUT2D eigenvalue weighted by molar-refractivity contribution is 6.21. The number of benzene rings is 8. The standard InChI is InChI=1S/C60H42N4/c1-39-16-8-9-21-46(39)58-57-52-25-13-15-27-56(52)64(59(57)51-24-12-14-26-53(51)61-58)45-34-32-42(33-35-45)47-36-37-50(49-23-11-10-22-48(47)49)60-62-54(43-19-6-3-7-20-43)38-55(63-60)44-30-28-41(29-31-44)40-17-4-2-5-18-40/h2-15,17-39H,16H2,1H3. The summed E-state index contributed by atoms with van der Waals surface area (Å²) < 4.78 is 2.44. The van der Waals surface area contributed by atoms with Crippen LogP contribution in [0.3, 0.4) is 0 Å². The minimum atomic E-state index is 0.378. The zero-order valence-corrected chi connectivity index (χ0v) is 35.4. The molecule has 8 aromatic carbocycles. The Bertz CT molecular complexity index is 3620. The zero-order valence-electron chi connectivity index (χ0n) is 35.4. The summed E-state index contributed by atoms with van der Waals surface area (Å²) in [5, 5.41) is 5.82. The number of hydrogen-bond acceptors (Lipinski definition) is 3. The van der Waals surface area contributed by atoms with Gasteiger partial charge in [0.2, 0.25) is 0 Å². The van der Waals surface area contributed by atoms with E-state index in [1.807, 2.05) is 12.1 Å². The van der Waals surface area contributed by atoms with E-state index in [0.29, 0.717) is 11.7 Å². The number of rotatable bonds is 7. The van der Waals surface area contributed by atoms with Crippen molar-refractivity contribution in [3.05, 3.63) is 224 Å². The van der Waals surface area contributed by atoms with Crippen LogP contribution in [0.5, 0.6) is 0 Å². The molecule has 1 aliphatic carbocycles. The van der Waals surface area contributed by atoms with Gasteiger partial charge in [0.05, 0.1) is 33.6 Å². The highest BCUT2D eigenvalue weighted by atomic mass is 15.0. The highest BCUT2D eigenvalue weighted by Gasteiger charge is 2.24. The van der Waals surface area contributed by atoms with Crippen LogP contribution in [0.4, 0.5) is 0 Å². The van der Waals surface area contributed by atoms with Gasteiger partial charge >= 0.3 is 0 Å². The molecule has 12 rings (SSSR count). The summed E-state index contributed by atoms with van der Waals surface area (Å²) in [5.41, 5.74) is 16.4. The van der Waals surface area contributed by atoms with E-state index in [1.165, 1.54) is 38.5 Å². The first-order chi connectivity index (χ1) is 31.7. The average Bonchev–Trinajstić information content (AvgIpc) is 3.72. The van der Waals surface area contributed by atoms with Crippen molar-refractivity contribution >= 4 is 49.1 Å². The molecule has 0 spiro atoms. The molecule has 0 aliphatic heterocycles. The molecule has 0 fully saturated rings. The summed E-state index contributed by atoms with van der Waals surface area (Å²) in [6.07, 6.45) is 7.71. The number of aromatic nitrogens is 4. The molecule has 11 aromatic rings. The van der Waals surface area contributed by atoms with Crippen LogP contribution in [0, 0.1) is 5.92 Å². The first-order valence-electron chi connectivity index (χ1n) is 22.1. The van der Waals surface area contributed by atoms with E-state index in [9.17, 15) is 0 Å². The molecule has 1 atom stereocenters. The summed E-state index contributed by atoms with van der Waals surface area (Å²) in [7, 11) is 0. The largest absolute Gasteiger partial charge is 0.308 e. The Morgan fingerprint density at radius 3 is 1.73 bits per heavy atom.